The third kappa shape index (κ3) is 3.09. The van der Waals surface area contributed by atoms with E-state index in [9.17, 15) is 14.5 Å². The summed E-state index contributed by atoms with van der Waals surface area (Å²) in [5, 5.41) is 19.6. The van der Waals surface area contributed by atoms with Crippen LogP contribution >= 0.6 is 11.6 Å². The Bertz CT molecular complexity index is 772. The molecular weight excluding hydrogens is 299 g/mol. The summed E-state index contributed by atoms with van der Waals surface area (Å²) in [6.45, 7) is 1.48. The van der Waals surface area contributed by atoms with Gasteiger partial charge in [0.15, 0.2) is 11.6 Å². The van der Waals surface area contributed by atoms with Gasteiger partial charge in [-0.25, -0.2) is 4.39 Å². The number of benzene rings is 2. The van der Waals surface area contributed by atoms with E-state index in [2.05, 4.69) is 0 Å². The maximum Gasteiger partial charge on any atom is 0.275 e. The van der Waals surface area contributed by atoms with Crippen molar-refractivity contribution in [3.8, 4) is 17.6 Å². The number of hydrogen-bond acceptors (Lipinski definition) is 4. The number of nitriles is 1. The molecule has 0 radical (unpaired) electrons. The zero-order valence-corrected chi connectivity index (χ0v) is 11.5. The Hall–Kier alpha value is -2.65. The van der Waals surface area contributed by atoms with Crippen LogP contribution in [0.1, 0.15) is 11.1 Å². The topological polar surface area (TPSA) is 76.2 Å². The molecule has 2 rings (SSSR count). The first-order valence-electron chi connectivity index (χ1n) is 5.74. The van der Waals surface area contributed by atoms with Crippen LogP contribution in [0, 0.1) is 34.2 Å². The molecule has 0 N–H and O–H groups in total. The first-order chi connectivity index (χ1) is 9.92. The Labute approximate surface area is 124 Å². The molecule has 2 aromatic carbocycles. The summed E-state index contributed by atoms with van der Waals surface area (Å²) in [6, 6.07) is 8.20. The molecule has 0 amide bonds. The largest absolute Gasteiger partial charge is 0.454 e. The summed E-state index contributed by atoms with van der Waals surface area (Å²) in [5.41, 5.74) is 0.221. The molecule has 106 valence electrons. The van der Waals surface area contributed by atoms with Crippen molar-refractivity contribution in [2.45, 2.75) is 6.92 Å². The van der Waals surface area contributed by atoms with E-state index < -0.39 is 10.7 Å². The quantitative estimate of drug-likeness (QED) is 0.623. The normalized spacial score (nSPS) is 10.0. The second-order valence-corrected chi connectivity index (χ2v) is 4.59. The Balaban J connectivity index is 2.36. The predicted molar refractivity (Wildman–Crippen MR) is 74.0 cm³/mol. The average molecular weight is 307 g/mol. The molecule has 0 aliphatic heterocycles. The molecule has 0 aliphatic rings. The number of nitro benzene ring substituents is 1. The van der Waals surface area contributed by atoms with Crippen molar-refractivity contribution in [2.24, 2.45) is 0 Å². The molecule has 0 unspecified atom stereocenters. The van der Waals surface area contributed by atoms with Crippen LogP contribution < -0.4 is 4.74 Å². The van der Waals surface area contributed by atoms with Crippen molar-refractivity contribution in [3.63, 3.8) is 0 Å². The van der Waals surface area contributed by atoms with Gasteiger partial charge in [-0.2, -0.15) is 5.26 Å². The Morgan fingerprint density at radius 1 is 1.38 bits per heavy atom. The van der Waals surface area contributed by atoms with E-state index in [0.29, 0.717) is 0 Å². The summed E-state index contributed by atoms with van der Waals surface area (Å²) in [5.74, 6) is -0.780. The molecule has 0 spiro atoms. The van der Waals surface area contributed by atoms with E-state index >= 15 is 0 Å². The van der Waals surface area contributed by atoms with Crippen LogP contribution in [0.3, 0.4) is 0 Å². The van der Waals surface area contributed by atoms with Gasteiger partial charge < -0.3 is 4.74 Å². The van der Waals surface area contributed by atoms with Crippen LogP contribution in [0.15, 0.2) is 30.3 Å². The van der Waals surface area contributed by atoms with Gasteiger partial charge in [0.25, 0.3) is 5.69 Å². The molecular formula is C14H8ClFN2O3. The van der Waals surface area contributed by atoms with Crippen LogP contribution in [0.25, 0.3) is 0 Å². The lowest BCUT2D eigenvalue weighted by Gasteiger charge is -2.08. The lowest BCUT2D eigenvalue weighted by atomic mass is 10.2. The van der Waals surface area contributed by atoms with Gasteiger partial charge in [-0.1, -0.05) is 11.6 Å². The van der Waals surface area contributed by atoms with Gasteiger partial charge in [-0.15, -0.1) is 0 Å². The summed E-state index contributed by atoms with van der Waals surface area (Å²) in [7, 11) is 0. The average Bonchev–Trinajstić information content (AvgIpc) is 2.42. The first-order valence-corrected chi connectivity index (χ1v) is 6.12. The second-order valence-electron chi connectivity index (χ2n) is 4.18. The number of hydrogen-bond donors (Lipinski definition) is 0. The number of aryl methyl sites for hydroxylation is 1. The maximum absolute atomic E-state index is 13.8. The van der Waals surface area contributed by atoms with E-state index in [1.54, 1.807) is 0 Å². The highest BCUT2D eigenvalue weighted by Crippen LogP contribution is 2.32. The van der Waals surface area contributed by atoms with Crippen molar-refractivity contribution < 1.29 is 14.1 Å². The molecule has 0 fully saturated rings. The standard InChI is InChI=1S/C14H8ClFN2O3/c1-8-4-14(12(16)6-13(8)18(19)20)21-10-3-2-9(7-17)11(15)5-10/h2-6H,1H3. The first kappa shape index (κ1) is 14.8. The van der Waals surface area contributed by atoms with Crippen LogP contribution in [0.2, 0.25) is 5.02 Å². The third-order valence-corrected chi connectivity index (χ3v) is 3.05. The highest BCUT2D eigenvalue weighted by Gasteiger charge is 2.17. The molecule has 0 bridgehead atoms. The lowest BCUT2D eigenvalue weighted by Crippen LogP contribution is -1.96. The van der Waals surface area contributed by atoms with Crippen molar-refractivity contribution in [2.75, 3.05) is 0 Å². The van der Waals surface area contributed by atoms with Crippen molar-refractivity contribution in [1.82, 2.24) is 0 Å². The zero-order chi connectivity index (χ0) is 15.6. The maximum atomic E-state index is 13.8. The van der Waals surface area contributed by atoms with Crippen molar-refractivity contribution >= 4 is 17.3 Å². The summed E-state index contributed by atoms with van der Waals surface area (Å²) < 4.78 is 19.1. The summed E-state index contributed by atoms with van der Waals surface area (Å²) >= 11 is 5.85. The third-order valence-electron chi connectivity index (χ3n) is 2.74. The highest BCUT2D eigenvalue weighted by atomic mass is 35.5. The van der Waals surface area contributed by atoms with Gasteiger partial charge in [-0.3, -0.25) is 10.1 Å². The summed E-state index contributed by atoms with van der Waals surface area (Å²) in [6.07, 6.45) is 0. The highest BCUT2D eigenvalue weighted by molar-refractivity contribution is 6.31. The SMILES string of the molecule is Cc1cc(Oc2ccc(C#N)c(Cl)c2)c(F)cc1[N+](=O)[O-]. The molecule has 21 heavy (non-hydrogen) atoms. The van der Waals surface area contributed by atoms with Crippen molar-refractivity contribution in [1.29, 1.82) is 5.26 Å². The van der Waals surface area contributed by atoms with Gasteiger partial charge in [-0.05, 0) is 25.1 Å². The fourth-order valence-corrected chi connectivity index (χ4v) is 1.91. The monoisotopic (exact) mass is 306 g/mol. The summed E-state index contributed by atoms with van der Waals surface area (Å²) in [4.78, 5) is 10.0. The molecule has 0 saturated carbocycles. The second kappa shape index (κ2) is 5.77. The van der Waals surface area contributed by atoms with E-state index in [1.165, 1.54) is 31.2 Å². The van der Waals surface area contributed by atoms with E-state index in [-0.39, 0.29) is 33.3 Å². The molecule has 7 heteroatoms. The number of ether oxygens (including phenoxy) is 1. The van der Waals surface area contributed by atoms with Gasteiger partial charge in [0.1, 0.15) is 11.8 Å². The fourth-order valence-electron chi connectivity index (χ4n) is 1.70. The van der Waals surface area contributed by atoms with Crippen LogP contribution in [-0.4, -0.2) is 4.92 Å². The van der Waals surface area contributed by atoms with Crippen LogP contribution in [0.4, 0.5) is 10.1 Å². The molecule has 2 aromatic rings. The van der Waals surface area contributed by atoms with E-state index in [0.717, 1.165) is 6.07 Å². The van der Waals surface area contributed by atoms with E-state index in [1.807, 2.05) is 6.07 Å². The Morgan fingerprint density at radius 2 is 2.10 bits per heavy atom. The number of rotatable bonds is 3. The molecule has 0 heterocycles. The predicted octanol–water partition coefficient (Wildman–Crippen LogP) is 4.36. The van der Waals surface area contributed by atoms with Gasteiger partial charge in [0, 0.05) is 11.6 Å². The van der Waals surface area contributed by atoms with Gasteiger partial charge in [0.05, 0.1) is 21.6 Å². The van der Waals surface area contributed by atoms with Gasteiger partial charge in [0.2, 0.25) is 0 Å². The molecule has 5 nitrogen and oxygen atoms in total. The molecule has 0 aliphatic carbocycles. The number of nitro groups is 1. The minimum Gasteiger partial charge on any atom is -0.454 e. The van der Waals surface area contributed by atoms with Crippen LogP contribution in [0.5, 0.6) is 11.5 Å². The van der Waals surface area contributed by atoms with E-state index in [4.69, 9.17) is 21.6 Å². The Morgan fingerprint density at radius 3 is 2.67 bits per heavy atom. The molecule has 0 atom stereocenters. The smallest absolute Gasteiger partial charge is 0.275 e. The van der Waals surface area contributed by atoms with Gasteiger partial charge >= 0.3 is 0 Å². The minimum atomic E-state index is -0.854. The number of halogens is 2. The fraction of sp³-hybridized carbons (Fsp3) is 0.0714. The Kier molecular flexibility index (Phi) is 4.05. The molecule has 0 saturated heterocycles. The van der Waals surface area contributed by atoms with Crippen molar-refractivity contribution in [3.05, 3.63) is 62.4 Å². The number of nitrogens with zero attached hydrogens (tertiary/aromatic N) is 2. The minimum absolute atomic E-state index is 0.154. The van der Waals surface area contributed by atoms with Crippen LogP contribution in [-0.2, 0) is 0 Å². The molecule has 0 aromatic heterocycles. The zero-order valence-electron chi connectivity index (χ0n) is 10.8. The lowest BCUT2D eigenvalue weighted by molar-refractivity contribution is -0.385.